The lowest BCUT2D eigenvalue weighted by Crippen LogP contribution is -2.40. The number of hydrogen-bond acceptors (Lipinski definition) is 3. The average Bonchev–Trinajstić information content (AvgIpc) is 2.53. The van der Waals surface area contributed by atoms with Crippen molar-refractivity contribution < 1.29 is 4.79 Å². The van der Waals surface area contributed by atoms with Crippen molar-refractivity contribution in [2.45, 2.75) is 19.9 Å². The Balaban J connectivity index is 2.56. The third-order valence-corrected chi connectivity index (χ3v) is 3.74. The zero-order valence-electron chi connectivity index (χ0n) is 9.09. The first kappa shape index (κ1) is 13.8. The Morgan fingerprint density at radius 2 is 2.19 bits per heavy atom. The van der Waals surface area contributed by atoms with Crippen LogP contribution in [0, 0.1) is 5.92 Å². The predicted molar refractivity (Wildman–Crippen MR) is 69.5 cm³/mol. The molecular weight excluding hydrogens is 267 g/mol. The maximum absolute atomic E-state index is 11.7. The summed E-state index contributed by atoms with van der Waals surface area (Å²) in [5.41, 5.74) is 6.22. The quantitative estimate of drug-likeness (QED) is 0.891. The molecule has 16 heavy (non-hydrogen) atoms. The molecule has 1 unspecified atom stereocenters. The molecule has 0 aromatic carbocycles. The monoisotopic (exact) mass is 280 g/mol. The van der Waals surface area contributed by atoms with Crippen LogP contribution in [0.3, 0.4) is 0 Å². The third-order valence-electron chi connectivity index (χ3n) is 2.26. The molecule has 0 bridgehead atoms. The smallest absolute Gasteiger partial charge is 0.253 e. The molecule has 0 aliphatic rings. The van der Waals surface area contributed by atoms with Gasteiger partial charge in [-0.2, -0.15) is 0 Å². The van der Waals surface area contributed by atoms with E-state index in [0.717, 1.165) is 0 Å². The van der Waals surface area contributed by atoms with Gasteiger partial charge in [-0.05, 0) is 12.0 Å². The zero-order valence-corrected chi connectivity index (χ0v) is 11.4. The van der Waals surface area contributed by atoms with Crippen LogP contribution in [-0.4, -0.2) is 18.5 Å². The van der Waals surface area contributed by atoms with Gasteiger partial charge in [0, 0.05) is 12.6 Å². The van der Waals surface area contributed by atoms with E-state index in [1.165, 1.54) is 11.3 Å². The fraction of sp³-hybridized carbons (Fsp3) is 0.500. The Hall–Kier alpha value is -0.290. The van der Waals surface area contributed by atoms with Crippen molar-refractivity contribution in [3.05, 3.63) is 20.3 Å². The number of nitrogens with two attached hydrogens (primary N) is 1. The van der Waals surface area contributed by atoms with E-state index in [2.05, 4.69) is 5.32 Å². The van der Waals surface area contributed by atoms with Gasteiger partial charge in [-0.3, -0.25) is 4.79 Å². The van der Waals surface area contributed by atoms with Gasteiger partial charge in [-0.25, -0.2) is 0 Å². The minimum atomic E-state index is -0.232. The molecular formula is C10H14Cl2N2OS. The van der Waals surface area contributed by atoms with Crippen LogP contribution in [0.5, 0.6) is 0 Å². The molecule has 1 aromatic heterocycles. The molecule has 3 nitrogen and oxygen atoms in total. The highest BCUT2D eigenvalue weighted by atomic mass is 35.5. The van der Waals surface area contributed by atoms with E-state index in [1.54, 1.807) is 6.07 Å². The maximum Gasteiger partial charge on any atom is 0.253 e. The molecule has 1 aromatic rings. The molecule has 0 aliphatic heterocycles. The third kappa shape index (κ3) is 3.63. The first-order chi connectivity index (χ1) is 7.41. The van der Waals surface area contributed by atoms with Crippen LogP contribution < -0.4 is 11.1 Å². The molecule has 0 aliphatic carbocycles. The minimum absolute atomic E-state index is 0.0585. The number of nitrogens with one attached hydrogen (secondary N) is 1. The second-order valence-corrected chi connectivity index (χ2v) is 6.14. The molecule has 1 atom stereocenters. The molecule has 0 saturated carbocycles. The highest BCUT2D eigenvalue weighted by molar-refractivity contribution is 7.20. The van der Waals surface area contributed by atoms with E-state index in [4.69, 9.17) is 28.9 Å². The average molecular weight is 281 g/mol. The Kier molecular flexibility index (Phi) is 5.05. The van der Waals surface area contributed by atoms with Gasteiger partial charge in [0.1, 0.15) is 4.34 Å². The van der Waals surface area contributed by atoms with Crippen LogP contribution in [0.4, 0.5) is 0 Å². The lowest BCUT2D eigenvalue weighted by atomic mass is 10.1. The molecule has 1 rings (SSSR count). The second-order valence-electron chi connectivity index (χ2n) is 3.86. The lowest BCUT2D eigenvalue weighted by Gasteiger charge is -2.15. The van der Waals surface area contributed by atoms with Crippen molar-refractivity contribution in [1.82, 2.24) is 5.32 Å². The van der Waals surface area contributed by atoms with Crippen LogP contribution in [-0.2, 0) is 0 Å². The molecule has 90 valence electrons. The zero-order chi connectivity index (χ0) is 12.3. The second kappa shape index (κ2) is 5.87. The fourth-order valence-corrected chi connectivity index (χ4v) is 2.49. The fourth-order valence-electron chi connectivity index (χ4n) is 1.04. The van der Waals surface area contributed by atoms with Crippen LogP contribution >= 0.6 is 34.5 Å². The van der Waals surface area contributed by atoms with Gasteiger partial charge in [0.25, 0.3) is 5.91 Å². The molecule has 0 saturated heterocycles. The summed E-state index contributed by atoms with van der Waals surface area (Å²) in [5.74, 6) is 0.0890. The molecule has 1 heterocycles. The van der Waals surface area contributed by atoms with Gasteiger partial charge in [0.15, 0.2) is 0 Å². The number of halogens is 2. The summed E-state index contributed by atoms with van der Waals surface area (Å²) in [6.45, 7) is 4.44. The minimum Gasteiger partial charge on any atom is -0.350 e. The summed E-state index contributed by atoms with van der Waals surface area (Å²) >= 11 is 12.8. The highest BCUT2D eigenvalue weighted by Gasteiger charge is 2.15. The number of thiophene rings is 1. The molecule has 0 spiro atoms. The Labute approximate surface area is 109 Å². The predicted octanol–water partition coefficient (Wildman–Crippen LogP) is 2.77. The van der Waals surface area contributed by atoms with Crippen molar-refractivity contribution >= 4 is 40.4 Å². The van der Waals surface area contributed by atoms with Gasteiger partial charge in [-0.1, -0.05) is 37.0 Å². The number of carbonyl (C=O) groups is 1. The summed E-state index contributed by atoms with van der Waals surface area (Å²) in [5, 5.41) is 2.73. The van der Waals surface area contributed by atoms with Crippen LogP contribution in [0.25, 0.3) is 0 Å². The Morgan fingerprint density at radius 3 is 2.62 bits per heavy atom. The largest absolute Gasteiger partial charge is 0.350 e. The molecule has 0 radical (unpaired) electrons. The van der Waals surface area contributed by atoms with Crippen molar-refractivity contribution in [3.63, 3.8) is 0 Å². The maximum atomic E-state index is 11.7. The summed E-state index contributed by atoms with van der Waals surface area (Å²) < 4.78 is 0.906. The van der Waals surface area contributed by atoms with Crippen LogP contribution in [0.15, 0.2) is 6.07 Å². The van der Waals surface area contributed by atoms with E-state index in [9.17, 15) is 4.79 Å². The Morgan fingerprint density at radius 1 is 1.56 bits per heavy atom. The van der Waals surface area contributed by atoms with Gasteiger partial charge in [0.2, 0.25) is 0 Å². The SMILES string of the molecule is CC(C)C(N)CNC(=O)c1cc(Cl)sc1Cl. The summed E-state index contributed by atoms with van der Waals surface area (Å²) in [6.07, 6.45) is 0. The summed E-state index contributed by atoms with van der Waals surface area (Å²) in [4.78, 5) is 11.7. The first-order valence-corrected chi connectivity index (χ1v) is 6.47. The van der Waals surface area contributed by atoms with E-state index < -0.39 is 0 Å². The number of amides is 1. The van der Waals surface area contributed by atoms with Gasteiger partial charge in [-0.15, -0.1) is 11.3 Å². The highest BCUT2D eigenvalue weighted by Crippen LogP contribution is 2.30. The molecule has 6 heteroatoms. The van der Waals surface area contributed by atoms with E-state index in [1.807, 2.05) is 13.8 Å². The van der Waals surface area contributed by atoms with Crippen molar-refractivity contribution in [1.29, 1.82) is 0 Å². The molecule has 1 amide bonds. The van der Waals surface area contributed by atoms with Gasteiger partial charge >= 0.3 is 0 Å². The van der Waals surface area contributed by atoms with E-state index in [0.29, 0.717) is 26.7 Å². The van der Waals surface area contributed by atoms with Crippen molar-refractivity contribution in [2.75, 3.05) is 6.54 Å². The van der Waals surface area contributed by atoms with Crippen molar-refractivity contribution in [2.24, 2.45) is 11.7 Å². The summed E-state index contributed by atoms with van der Waals surface area (Å²) in [7, 11) is 0. The van der Waals surface area contributed by atoms with Crippen LogP contribution in [0.2, 0.25) is 8.67 Å². The van der Waals surface area contributed by atoms with Gasteiger partial charge < -0.3 is 11.1 Å². The van der Waals surface area contributed by atoms with Gasteiger partial charge in [0.05, 0.1) is 9.90 Å². The van der Waals surface area contributed by atoms with Crippen LogP contribution in [0.1, 0.15) is 24.2 Å². The normalized spacial score (nSPS) is 12.9. The number of hydrogen-bond donors (Lipinski definition) is 2. The molecule has 0 fully saturated rings. The standard InChI is InChI=1S/C10H14Cl2N2OS/c1-5(2)7(13)4-14-10(15)6-3-8(11)16-9(6)12/h3,5,7H,4,13H2,1-2H3,(H,14,15). The number of carbonyl (C=O) groups excluding carboxylic acids is 1. The Bertz CT molecular complexity index is 379. The van der Waals surface area contributed by atoms with E-state index in [-0.39, 0.29) is 11.9 Å². The number of rotatable bonds is 4. The topological polar surface area (TPSA) is 55.1 Å². The first-order valence-electron chi connectivity index (χ1n) is 4.90. The molecule has 3 N–H and O–H groups in total. The van der Waals surface area contributed by atoms with Crippen molar-refractivity contribution in [3.8, 4) is 0 Å². The summed E-state index contributed by atoms with van der Waals surface area (Å²) in [6, 6.07) is 1.50. The lowest BCUT2D eigenvalue weighted by molar-refractivity contribution is 0.0950. The van der Waals surface area contributed by atoms with E-state index >= 15 is 0 Å².